The van der Waals surface area contributed by atoms with Crippen molar-refractivity contribution in [2.45, 2.75) is 39.8 Å². The lowest BCUT2D eigenvalue weighted by atomic mass is 10.3. The van der Waals surface area contributed by atoms with Crippen molar-refractivity contribution in [1.29, 1.82) is 0 Å². The zero-order valence-electron chi connectivity index (χ0n) is 17.1. The van der Waals surface area contributed by atoms with Crippen LogP contribution < -0.4 is 5.32 Å². The summed E-state index contributed by atoms with van der Waals surface area (Å²) in [5.41, 5.74) is 3.58. The number of para-hydroxylation sites is 2. The number of amides is 1. The van der Waals surface area contributed by atoms with E-state index in [-0.39, 0.29) is 18.5 Å². The zero-order chi connectivity index (χ0) is 20.5. The van der Waals surface area contributed by atoms with Crippen LogP contribution in [0.25, 0.3) is 22.6 Å². The Balaban J connectivity index is 1.51. The third kappa shape index (κ3) is 3.65. The molecule has 1 amide bonds. The van der Waals surface area contributed by atoms with Gasteiger partial charge in [0.15, 0.2) is 5.82 Å². The van der Waals surface area contributed by atoms with Gasteiger partial charge in [-0.25, -0.2) is 9.67 Å². The molecule has 0 aliphatic heterocycles. The molecule has 4 rings (SSSR count). The van der Waals surface area contributed by atoms with E-state index in [1.807, 2.05) is 59.6 Å². The quantitative estimate of drug-likeness (QED) is 0.545. The van der Waals surface area contributed by atoms with Crippen molar-refractivity contribution < 1.29 is 4.79 Å². The molecule has 0 unspecified atom stereocenters. The van der Waals surface area contributed by atoms with E-state index in [1.54, 1.807) is 10.9 Å². The molecular weight excluding hydrogens is 366 g/mol. The van der Waals surface area contributed by atoms with Crippen molar-refractivity contribution in [2.75, 3.05) is 5.32 Å². The Kier molecular flexibility index (Phi) is 4.92. The smallest absolute Gasteiger partial charge is 0.247 e. The van der Waals surface area contributed by atoms with E-state index >= 15 is 0 Å². The molecule has 0 spiro atoms. The van der Waals surface area contributed by atoms with Crippen LogP contribution in [0.3, 0.4) is 0 Å². The molecule has 0 radical (unpaired) electrons. The van der Waals surface area contributed by atoms with Crippen LogP contribution in [0.1, 0.15) is 32.0 Å². The van der Waals surface area contributed by atoms with Gasteiger partial charge in [-0.3, -0.25) is 9.48 Å². The van der Waals surface area contributed by atoms with Crippen molar-refractivity contribution in [2.24, 2.45) is 7.05 Å². The van der Waals surface area contributed by atoms with Crippen LogP contribution in [0.5, 0.6) is 0 Å². The number of imidazole rings is 1. The third-order valence-electron chi connectivity index (χ3n) is 5.10. The normalized spacial score (nSPS) is 12.4. The molecule has 29 heavy (non-hydrogen) atoms. The van der Waals surface area contributed by atoms with Gasteiger partial charge < -0.3 is 9.88 Å². The number of aryl methyl sites for hydroxylation is 2. The maximum Gasteiger partial charge on any atom is 0.247 e. The van der Waals surface area contributed by atoms with Crippen LogP contribution in [-0.4, -0.2) is 35.0 Å². The predicted octanol–water partition coefficient (Wildman–Crippen LogP) is 3.55. The Bertz CT molecular complexity index is 1170. The number of hydrogen-bond donors (Lipinski definition) is 1. The number of nitrogens with one attached hydrogen (secondary N) is 1. The monoisotopic (exact) mass is 391 g/mol. The standard InChI is InChI=1S/C21H25N7O/c1-5-15(3)28-19(12-14(2)24-28)23-20(29)13-27-11-10-17(25-27)21-22-16-8-6-7-9-18(16)26(21)4/h6-12,15H,5,13H2,1-4H3,(H,23,29)/t15-/m1/s1. The van der Waals surface area contributed by atoms with Crippen LogP contribution in [-0.2, 0) is 18.4 Å². The first-order valence-corrected chi connectivity index (χ1v) is 9.77. The maximum atomic E-state index is 12.6. The molecule has 1 aromatic carbocycles. The molecule has 4 aromatic rings. The van der Waals surface area contributed by atoms with Crippen LogP contribution >= 0.6 is 0 Å². The molecule has 3 aromatic heterocycles. The highest BCUT2D eigenvalue weighted by molar-refractivity contribution is 5.89. The van der Waals surface area contributed by atoms with Crippen molar-refractivity contribution in [3.8, 4) is 11.5 Å². The Morgan fingerprint density at radius 2 is 2.00 bits per heavy atom. The van der Waals surface area contributed by atoms with Gasteiger partial charge in [0.25, 0.3) is 0 Å². The van der Waals surface area contributed by atoms with E-state index in [0.717, 1.165) is 34.7 Å². The van der Waals surface area contributed by atoms with Gasteiger partial charge in [0.1, 0.15) is 18.1 Å². The molecule has 1 N–H and O–H groups in total. The topological polar surface area (TPSA) is 82.6 Å². The van der Waals surface area contributed by atoms with Gasteiger partial charge in [0.2, 0.25) is 5.91 Å². The summed E-state index contributed by atoms with van der Waals surface area (Å²) >= 11 is 0. The first kappa shape index (κ1) is 18.9. The van der Waals surface area contributed by atoms with Gasteiger partial charge in [0.05, 0.1) is 22.8 Å². The lowest BCUT2D eigenvalue weighted by Gasteiger charge is -2.14. The summed E-state index contributed by atoms with van der Waals surface area (Å²) in [6, 6.07) is 11.9. The van der Waals surface area contributed by atoms with E-state index in [9.17, 15) is 4.79 Å². The fourth-order valence-electron chi connectivity index (χ4n) is 3.39. The van der Waals surface area contributed by atoms with Crippen LogP contribution in [0.15, 0.2) is 42.6 Å². The Labute approximate surface area is 169 Å². The van der Waals surface area contributed by atoms with Gasteiger partial charge in [-0.15, -0.1) is 0 Å². The zero-order valence-corrected chi connectivity index (χ0v) is 17.1. The summed E-state index contributed by atoms with van der Waals surface area (Å²) in [7, 11) is 1.97. The SMILES string of the molecule is CC[C@@H](C)n1nc(C)cc1NC(=O)Cn1ccc(-c2nc3ccccc3n2C)n1. The van der Waals surface area contributed by atoms with Crippen molar-refractivity contribution in [3.05, 3.63) is 48.3 Å². The summed E-state index contributed by atoms with van der Waals surface area (Å²) in [5.74, 6) is 1.34. The number of fused-ring (bicyclic) bond motifs is 1. The molecule has 0 aliphatic rings. The molecule has 150 valence electrons. The van der Waals surface area contributed by atoms with Crippen molar-refractivity contribution >= 4 is 22.8 Å². The van der Waals surface area contributed by atoms with Crippen molar-refractivity contribution in [3.63, 3.8) is 0 Å². The highest BCUT2D eigenvalue weighted by Crippen LogP contribution is 2.22. The molecule has 8 nitrogen and oxygen atoms in total. The van der Waals surface area contributed by atoms with E-state index in [4.69, 9.17) is 0 Å². The van der Waals surface area contributed by atoms with Gasteiger partial charge in [0, 0.05) is 19.3 Å². The number of rotatable bonds is 6. The van der Waals surface area contributed by atoms with Crippen LogP contribution in [0.2, 0.25) is 0 Å². The highest BCUT2D eigenvalue weighted by Gasteiger charge is 2.15. The molecule has 0 fully saturated rings. The second-order valence-electron chi connectivity index (χ2n) is 7.30. The lowest BCUT2D eigenvalue weighted by Crippen LogP contribution is -2.22. The number of nitrogens with zero attached hydrogens (tertiary/aromatic N) is 6. The van der Waals surface area contributed by atoms with Crippen LogP contribution in [0, 0.1) is 6.92 Å². The average Bonchev–Trinajstić information content (AvgIpc) is 3.39. The van der Waals surface area contributed by atoms with Gasteiger partial charge >= 0.3 is 0 Å². The van der Waals surface area contributed by atoms with Gasteiger partial charge in [-0.1, -0.05) is 19.1 Å². The summed E-state index contributed by atoms with van der Waals surface area (Å²) in [5, 5.41) is 12.0. The maximum absolute atomic E-state index is 12.6. The summed E-state index contributed by atoms with van der Waals surface area (Å²) in [4.78, 5) is 17.2. The number of aromatic nitrogens is 6. The van der Waals surface area contributed by atoms with E-state index < -0.39 is 0 Å². The minimum Gasteiger partial charge on any atom is -0.326 e. The lowest BCUT2D eigenvalue weighted by molar-refractivity contribution is -0.116. The average molecular weight is 391 g/mol. The molecular formula is C21H25N7O. The molecule has 0 aliphatic carbocycles. The molecule has 0 saturated heterocycles. The number of benzene rings is 1. The second kappa shape index (κ2) is 7.54. The Hall–Kier alpha value is -3.42. The first-order chi connectivity index (χ1) is 14.0. The predicted molar refractivity (Wildman–Crippen MR) is 113 cm³/mol. The minimum absolute atomic E-state index is 0.120. The molecule has 8 heteroatoms. The summed E-state index contributed by atoms with van der Waals surface area (Å²) < 4.78 is 5.50. The van der Waals surface area contributed by atoms with Crippen LogP contribution in [0.4, 0.5) is 5.82 Å². The summed E-state index contributed by atoms with van der Waals surface area (Å²) in [6.45, 7) is 6.22. The fourth-order valence-corrected chi connectivity index (χ4v) is 3.39. The Morgan fingerprint density at radius 1 is 1.21 bits per heavy atom. The largest absolute Gasteiger partial charge is 0.326 e. The third-order valence-corrected chi connectivity index (χ3v) is 5.10. The molecule has 0 bridgehead atoms. The van der Waals surface area contributed by atoms with E-state index in [1.165, 1.54) is 0 Å². The highest BCUT2D eigenvalue weighted by atomic mass is 16.2. The van der Waals surface area contributed by atoms with Crippen molar-refractivity contribution in [1.82, 2.24) is 29.1 Å². The second-order valence-corrected chi connectivity index (χ2v) is 7.30. The fraction of sp³-hybridized carbons (Fsp3) is 0.333. The molecule has 3 heterocycles. The number of anilines is 1. The number of carbonyl (C=O) groups is 1. The Morgan fingerprint density at radius 3 is 2.76 bits per heavy atom. The van der Waals surface area contributed by atoms with Gasteiger partial charge in [-0.05, 0) is 38.5 Å². The van der Waals surface area contributed by atoms with E-state index in [2.05, 4.69) is 34.3 Å². The van der Waals surface area contributed by atoms with E-state index in [0.29, 0.717) is 5.82 Å². The molecule has 1 atom stereocenters. The minimum atomic E-state index is -0.144. The number of hydrogen-bond acceptors (Lipinski definition) is 4. The molecule has 0 saturated carbocycles. The number of carbonyl (C=O) groups excluding carboxylic acids is 1. The first-order valence-electron chi connectivity index (χ1n) is 9.77. The summed E-state index contributed by atoms with van der Waals surface area (Å²) in [6.07, 6.45) is 2.73. The van der Waals surface area contributed by atoms with Gasteiger partial charge in [-0.2, -0.15) is 10.2 Å².